The summed E-state index contributed by atoms with van der Waals surface area (Å²) in [6.07, 6.45) is 12.2. The maximum atomic E-state index is 13.9. The fraction of sp³-hybridized carbons (Fsp3) is 0.295. The number of hydrogen-bond donors (Lipinski definition) is 0. The summed E-state index contributed by atoms with van der Waals surface area (Å²) in [6, 6.07) is 31.9. The van der Waals surface area contributed by atoms with E-state index < -0.39 is 0 Å². The SMILES string of the molecule is CCCCCCCCCCOc1c(-c2ccccc2)c2c(c(-c3ccccc3)c1-c1ccccc1)C=C1C(=O)C(C)=C(C)C(C)=C12. The molecule has 0 fully saturated rings. The molecule has 0 aliphatic heterocycles. The lowest BCUT2D eigenvalue weighted by Crippen LogP contribution is -2.13. The fourth-order valence-corrected chi connectivity index (χ4v) is 7.13. The fourth-order valence-electron chi connectivity index (χ4n) is 7.13. The van der Waals surface area contributed by atoms with E-state index in [0.29, 0.717) is 6.61 Å². The van der Waals surface area contributed by atoms with Crippen molar-refractivity contribution >= 4 is 17.4 Å². The van der Waals surface area contributed by atoms with Crippen molar-refractivity contribution in [2.24, 2.45) is 0 Å². The predicted octanol–water partition coefficient (Wildman–Crippen LogP) is 12.3. The second kappa shape index (κ2) is 14.3. The molecule has 2 aliphatic rings. The smallest absolute Gasteiger partial charge is 0.189 e. The normalized spacial score (nSPS) is 14.0. The third-order valence-electron chi connectivity index (χ3n) is 9.82. The van der Waals surface area contributed by atoms with Gasteiger partial charge in [-0.15, -0.1) is 0 Å². The molecule has 0 aromatic heterocycles. The molecule has 6 rings (SSSR count). The van der Waals surface area contributed by atoms with Gasteiger partial charge in [-0.3, -0.25) is 4.79 Å². The average molecular weight is 607 g/mol. The molecule has 0 radical (unpaired) electrons. The van der Waals surface area contributed by atoms with Crippen LogP contribution in [-0.2, 0) is 4.79 Å². The summed E-state index contributed by atoms with van der Waals surface area (Å²) in [5.74, 6) is 1.03. The number of allylic oxidation sites excluding steroid dienone is 5. The number of fused-ring (bicyclic) bond motifs is 3. The zero-order chi connectivity index (χ0) is 32.0. The lowest BCUT2D eigenvalue weighted by Gasteiger charge is -2.27. The molecule has 4 aromatic carbocycles. The van der Waals surface area contributed by atoms with Crippen molar-refractivity contribution in [1.82, 2.24) is 0 Å². The third-order valence-corrected chi connectivity index (χ3v) is 9.82. The van der Waals surface area contributed by atoms with E-state index in [9.17, 15) is 4.79 Å². The Balaban J connectivity index is 1.58. The summed E-state index contributed by atoms with van der Waals surface area (Å²) in [6.45, 7) is 9.14. The van der Waals surface area contributed by atoms with Gasteiger partial charge in [0.25, 0.3) is 0 Å². The van der Waals surface area contributed by atoms with Crippen LogP contribution in [0.3, 0.4) is 0 Å². The highest BCUT2D eigenvalue weighted by Crippen LogP contribution is 2.57. The predicted molar refractivity (Wildman–Crippen MR) is 195 cm³/mol. The quantitative estimate of drug-likeness (QED) is 0.142. The molecule has 0 bridgehead atoms. The van der Waals surface area contributed by atoms with Crippen molar-refractivity contribution in [2.75, 3.05) is 6.61 Å². The lowest BCUT2D eigenvalue weighted by atomic mass is 9.78. The van der Waals surface area contributed by atoms with E-state index in [0.717, 1.165) is 85.4 Å². The molecule has 0 atom stereocenters. The van der Waals surface area contributed by atoms with Crippen LogP contribution in [0, 0.1) is 0 Å². The molecule has 0 spiro atoms. The summed E-state index contributed by atoms with van der Waals surface area (Å²) in [7, 11) is 0. The standard InChI is InChI=1S/C44H46O2/c1-5-6-7-8-9-10-11-21-28-46-44-40(34-24-17-13-18-25-34)39(33-22-15-12-16-23-33)36-29-37-38(31(3)30(2)32(4)43(37)45)42(36)41(44)35-26-19-14-20-27-35/h12-20,22-27,29H,5-11,21,28H2,1-4H3. The summed E-state index contributed by atoms with van der Waals surface area (Å²) in [4.78, 5) is 13.9. The van der Waals surface area contributed by atoms with Crippen LogP contribution in [0.1, 0.15) is 90.2 Å². The van der Waals surface area contributed by atoms with Crippen LogP contribution in [0.4, 0.5) is 0 Å². The minimum Gasteiger partial charge on any atom is -0.492 e. The van der Waals surface area contributed by atoms with E-state index >= 15 is 0 Å². The average Bonchev–Trinajstić information content (AvgIpc) is 3.49. The molecule has 46 heavy (non-hydrogen) atoms. The Kier molecular flexibility index (Phi) is 9.83. The van der Waals surface area contributed by atoms with E-state index in [1.807, 2.05) is 6.92 Å². The third kappa shape index (κ3) is 6.06. The number of carbonyl (C=O) groups excluding carboxylic acids is 1. The highest BCUT2D eigenvalue weighted by molar-refractivity contribution is 6.29. The summed E-state index contributed by atoms with van der Waals surface area (Å²) in [5.41, 5.74) is 13.8. The molecule has 4 aromatic rings. The van der Waals surface area contributed by atoms with Gasteiger partial charge in [0.1, 0.15) is 5.75 Å². The van der Waals surface area contributed by atoms with Crippen molar-refractivity contribution < 1.29 is 9.53 Å². The second-order valence-electron chi connectivity index (χ2n) is 12.8. The Labute approximate surface area is 275 Å². The van der Waals surface area contributed by atoms with Crippen molar-refractivity contribution in [3.63, 3.8) is 0 Å². The Morgan fingerprint density at radius 1 is 0.522 bits per heavy atom. The van der Waals surface area contributed by atoms with E-state index in [1.54, 1.807) is 0 Å². The second-order valence-corrected chi connectivity index (χ2v) is 12.8. The molecule has 0 saturated heterocycles. The Morgan fingerprint density at radius 3 is 1.54 bits per heavy atom. The summed E-state index contributed by atoms with van der Waals surface area (Å²) in [5, 5.41) is 0. The minimum atomic E-state index is 0.120. The largest absolute Gasteiger partial charge is 0.492 e. The molecule has 0 heterocycles. The minimum absolute atomic E-state index is 0.120. The number of rotatable bonds is 13. The van der Waals surface area contributed by atoms with Crippen molar-refractivity contribution in [3.8, 4) is 39.1 Å². The maximum absolute atomic E-state index is 13.9. The molecule has 2 nitrogen and oxygen atoms in total. The van der Waals surface area contributed by atoms with E-state index in [2.05, 4.69) is 118 Å². The topological polar surface area (TPSA) is 26.3 Å². The van der Waals surface area contributed by atoms with Crippen LogP contribution >= 0.6 is 0 Å². The number of hydrogen-bond acceptors (Lipinski definition) is 2. The highest BCUT2D eigenvalue weighted by Gasteiger charge is 2.38. The van der Waals surface area contributed by atoms with E-state index in [4.69, 9.17) is 4.74 Å². The number of benzene rings is 4. The van der Waals surface area contributed by atoms with Gasteiger partial charge >= 0.3 is 0 Å². The Bertz CT molecular complexity index is 1800. The molecular weight excluding hydrogens is 560 g/mol. The first-order valence-corrected chi connectivity index (χ1v) is 17.2. The highest BCUT2D eigenvalue weighted by atomic mass is 16.5. The maximum Gasteiger partial charge on any atom is 0.189 e. The number of ether oxygens (including phenoxy) is 1. The van der Waals surface area contributed by atoms with Crippen molar-refractivity contribution in [1.29, 1.82) is 0 Å². The van der Waals surface area contributed by atoms with Gasteiger partial charge in [-0.1, -0.05) is 143 Å². The monoisotopic (exact) mass is 606 g/mol. The molecule has 0 saturated carbocycles. The number of ketones is 1. The molecular formula is C44H46O2. The first kappa shape index (κ1) is 31.5. The van der Waals surface area contributed by atoms with Crippen molar-refractivity contribution in [2.45, 2.75) is 79.1 Å². The Hall–Kier alpha value is -4.43. The first-order chi connectivity index (χ1) is 22.5. The van der Waals surface area contributed by atoms with Gasteiger partial charge in [0.2, 0.25) is 0 Å². The molecule has 234 valence electrons. The summed E-state index contributed by atoms with van der Waals surface area (Å²) >= 11 is 0. The molecule has 2 aliphatic carbocycles. The van der Waals surface area contributed by atoms with Crippen LogP contribution in [0.5, 0.6) is 5.75 Å². The lowest BCUT2D eigenvalue weighted by molar-refractivity contribution is -0.111. The molecule has 0 N–H and O–H groups in total. The number of unbranched alkanes of at least 4 members (excludes halogenated alkanes) is 7. The van der Waals surface area contributed by atoms with Crippen LogP contribution in [0.2, 0.25) is 0 Å². The van der Waals surface area contributed by atoms with Gasteiger partial charge < -0.3 is 4.74 Å². The molecule has 0 unspecified atom stereocenters. The van der Waals surface area contributed by atoms with E-state index in [-0.39, 0.29) is 5.78 Å². The van der Waals surface area contributed by atoms with Gasteiger partial charge in [-0.25, -0.2) is 0 Å². The summed E-state index contributed by atoms with van der Waals surface area (Å²) < 4.78 is 7.06. The number of Topliss-reactive ketones (excluding diaryl/α,β-unsaturated/α-hetero) is 1. The van der Waals surface area contributed by atoms with E-state index in [1.165, 1.54) is 44.1 Å². The van der Waals surface area contributed by atoms with Gasteiger partial charge in [0.05, 0.1) is 6.61 Å². The zero-order valence-electron chi connectivity index (χ0n) is 27.9. The van der Waals surface area contributed by atoms with Gasteiger partial charge in [0, 0.05) is 33.4 Å². The van der Waals surface area contributed by atoms with Gasteiger partial charge in [-0.2, -0.15) is 0 Å². The van der Waals surface area contributed by atoms with Crippen LogP contribution in [0.15, 0.2) is 113 Å². The van der Waals surface area contributed by atoms with Crippen LogP contribution in [-0.4, -0.2) is 12.4 Å². The zero-order valence-corrected chi connectivity index (χ0v) is 27.9. The van der Waals surface area contributed by atoms with Crippen LogP contribution in [0.25, 0.3) is 45.0 Å². The van der Waals surface area contributed by atoms with Gasteiger partial charge in [0.15, 0.2) is 5.78 Å². The molecule has 0 amide bonds. The van der Waals surface area contributed by atoms with Crippen LogP contribution < -0.4 is 4.74 Å². The van der Waals surface area contributed by atoms with Crippen molar-refractivity contribution in [3.05, 3.63) is 124 Å². The van der Waals surface area contributed by atoms with Gasteiger partial charge in [-0.05, 0) is 72.2 Å². The molecule has 2 heteroatoms. The Morgan fingerprint density at radius 2 is 1.00 bits per heavy atom. The number of carbonyl (C=O) groups is 1. The first-order valence-electron chi connectivity index (χ1n) is 17.2.